The number of hydrogen-bond donors (Lipinski definition) is 0. The lowest BCUT2D eigenvalue weighted by Gasteiger charge is -2.60. The van der Waals surface area contributed by atoms with Crippen LogP contribution in [0.3, 0.4) is 0 Å². The van der Waals surface area contributed by atoms with Crippen molar-refractivity contribution in [2.75, 3.05) is 14.1 Å². The minimum absolute atomic E-state index is 0.315. The average molecular weight is 330 g/mol. The molecule has 4 aliphatic carbocycles. The molecule has 0 N–H and O–H groups in total. The summed E-state index contributed by atoms with van der Waals surface area (Å²) < 4.78 is 0. The molecular weight excluding hydrogens is 294 g/mol. The largest absolute Gasteiger partial charge is 0.303 e. The molecule has 134 valence electrons. The Labute approximate surface area is 148 Å². The molecule has 0 heterocycles. The lowest BCUT2D eigenvalue weighted by molar-refractivity contribution is -0.118. The predicted octanol–water partition coefficient (Wildman–Crippen LogP) is 4.84. The van der Waals surface area contributed by atoms with Gasteiger partial charge in [-0.2, -0.15) is 0 Å². The molecule has 0 radical (unpaired) electrons. The van der Waals surface area contributed by atoms with Gasteiger partial charge in [0.1, 0.15) is 0 Å². The van der Waals surface area contributed by atoms with Crippen LogP contribution in [-0.2, 0) is 4.79 Å². The second kappa shape index (κ2) is 5.19. The number of fused-ring (bicyclic) bond motifs is 5. The number of carbonyl (C=O) groups is 1. The molecule has 4 aliphatic rings. The molecule has 0 aliphatic heterocycles. The van der Waals surface area contributed by atoms with Crippen LogP contribution in [0, 0.1) is 28.6 Å². The van der Waals surface area contributed by atoms with Crippen LogP contribution in [0.4, 0.5) is 0 Å². The van der Waals surface area contributed by atoms with Crippen molar-refractivity contribution in [2.24, 2.45) is 28.6 Å². The van der Waals surface area contributed by atoms with Crippen molar-refractivity contribution in [2.45, 2.75) is 77.7 Å². The summed E-state index contributed by atoms with van der Waals surface area (Å²) in [6.07, 6.45) is 11.9. The zero-order valence-corrected chi connectivity index (χ0v) is 16.3. The van der Waals surface area contributed by atoms with Crippen LogP contribution in [-0.4, -0.2) is 30.3 Å². The first-order valence-corrected chi connectivity index (χ1v) is 10.1. The van der Waals surface area contributed by atoms with E-state index in [-0.39, 0.29) is 0 Å². The summed E-state index contributed by atoms with van der Waals surface area (Å²) in [5.74, 6) is 2.94. The van der Waals surface area contributed by atoms with Gasteiger partial charge in [-0.3, -0.25) is 4.79 Å². The zero-order chi connectivity index (χ0) is 17.3. The lowest BCUT2D eigenvalue weighted by atomic mass is 9.46. The van der Waals surface area contributed by atoms with Gasteiger partial charge in [-0.25, -0.2) is 0 Å². The van der Waals surface area contributed by atoms with E-state index in [0.717, 1.165) is 30.6 Å². The van der Waals surface area contributed by atoms with E-state index in [4.69, 9.17) is 0 Å². The Kier molecular flexibility index (Phi) is 3.64. The molecule has 0 bridgehead atoms. The third kappa shape index (κ3) is 1.95. The van der Waals surface area contributed by atoms with E-state index < -0.39 is 0 Å². The molecule has 0 aromatic carbocycles. The fraction of sp³-hybridized carbons (Fsp3) is 0.864. The first kappa shape index (κ1) is 16.8. The van der Waals surface area contributed by atoms with Crippen LogP contribution in [0.1, 0.15) is 72.1 Å². The second-order valence-electron chi connectivity index (χ2n) is 10.1. The maximum absolute atomic E-state index is 11.9. The van der Waals surface area contributed by atoms with E-state index in [9.17, 15) is 4.79 Å². The van der Waals surface area contributed by atoms with Gasteiger partial charge in [-0.1, -0.05) is 19.4 Å². The van der Waals surface area contributed by atoms with Gasteiger partial charge in [0, 0.05) is 12.0 Å². The monoisotopic (exact) mass is 329 g/mol. The lowest BCUT2D eigenvalue weighted by Crippen LogP contribution is -2.58. The number of rotatable bonds is 1. The Balaban J connectivity index is 1.69. The average Bonchev–Trinajstić information content (AvgIpc) is 2.81. The van der Waals surface area contributed by atoms with E-state index in [1.165, 1.54) is 44.1 Å². The molecule has 2 heteroatoms. The highest BCUT2D eigenvalue weighted by Gasteiger charge is 2.63. The molecule has 3 fully saturated rings. The van der Waals surface area contributed by atoms with Crippen LogP contribution in [0.5, 0.6) is 0 Å². The molecule has 2 nitrogen and oxygen atoms in total. The number of hydrogen-bond acceptors (Lipinski definition) is 2. The summed E-state index contributed by atoms with van der Waals surface area (Å²) in [6.45, 7) is 7.60. The molecule has 24 heavy (non-hydrogen) atoms. The second-order valence-corrected chi connectivity index (χ2v) is 10.1. The third-order valence-electron chi connectivity index (χ3n) is 9.51. The van der Waals surface area contributed by atoms with Crippen LogP contribution in [0.15, 0.2) is 11.6 Å². The Bertz CT molecular complexity index is 593. The fourth-order valence-corrected chi connectivity index (χ4v) is 7.54. The van der Waals surface area contributed by atoms with Gasteiger partial charge in [-0.05, 0) is 101 Å². The summed E-state index contributed by atoms with van der Waals surface area (Å²) in [6, 6.07) is 0. The molecule has 0 aromatic heterocycles. The highest BCUT2D eigenvalue weighted by atomic mass is 16.1. The molecule has 0 unspecified atom stereocenters. The van der Waals surface area contributed by atoms with Gasteiger partial charge in [0.05, 0.1) is 0 Å². The Hall–Kier alpha value is -0.630. The minimum atomic E-state index is 0.315. The maximum Gasteiger partial charge on any atom is 0.155 e. The molecule has 4 rings (SSSR count). The maximum atomic E-state index is 11.9. The van der Waals surface area contributed by atoms with E-state index in [2.05, 4.69) is 39.8 Å². The number of ketones is 1. The summed E-state index contributed by atoms with van der Waals surface area (Å²) in [5, 5.41) is 0. The predicted molar refractivity (Wildman–Crippen MR) is 98.8 cm³/mol. The topological polar surface area (TPSA) is 20.3 Å². The number of nitrogens with zero attached hydrogens (tertiary/aromatic N) is 1. The van der Waals surface area contributed by atoms with Gasteiger partial charge in [-0.15, -0.1) is 0 Å². The van der Waals surface area contributed by atoms with Gasteiger partial charge < -0.3 is 4.90 Å². The van der Waals surface area contributed by atoms with E-state index in [1.54, 1.807) is 0 Å². The summed E-state index contributed by atoms with van der Waals surface area (Å²) in [4.78, 5) is 14.4. The van der Waals surface area contributed by atoms with Crippen molar-refractivity contribution in [3.8, 4) is 0 Å². The first-order valence-electron chi connectivity index (χ1n) is 10.1. The van der Waals surface area contributed by atoms with Crippen LogP contribution >= 0.6 is 0 Å². The van der Waals surface area contributed by atoms with E-state index >= 15 is 0 Å². The highest BCUT2D eigenvalue weighted by Crippen LogP contribution is 2.68. The van der Waals surface area contributed by atoms with Gasteiger partial charge in [0.25, 0.3) is 0 Å². The first-order chi connectivity index (χ1) is 11.2. The van der Waals surface area contributed by atoms with Crippen LogP contribution < -0.4 is 0 Å². The summed E-state index contributed by atoms with van der Waals surface area (Å²) in [7, 11) is 4.57. The van der Waals surface area contributed by atoms with Crippen LogP contribution in [0.2, 0.25) is 0 Å². The molecule has 6 atom stereocenters. The van der Waals surface area contributed by atoms with Crippen molar-refractivity contribution in [1.29, 1.82) is 0 Å². The SMILES string of the molecule is CN(C)[C@@]1(C)CC[C@@H]2[C@H]3CCC4=CC(=O)CC[C@@]4(C)[C@@H]3CC[C@]21C. The van der Waals surface area contributed by atoms with E-state index in [1.807, 2.05) is 6.08 Å². The van der Waals surface area contributed by atoms with Crippen molar-refractivity contribution < 1.29 is 4.79 Å². The van der Waals surface area contributed by atoms with Gasteiger partial charge >= 0.3 is 0 Å². The number of carbonyl (C=O) groups excluding carboxylic acids is 1. The van der Waals surface area contributed by atoms with Crippen molar-refractivity contribution >= 4 is 5.78 Å². The molecule has 0 saturated heterocycles. The highest BCUT2D eigenvalue weighted by molar-refractivity contribution is 5.91. The molecule has 3 saturated carbocycles. The van der Waals surface area contributed by atoms with Crippen LogP contribution in [0.25, 0.3) is 0 Å². The molecule has 0 aromatic rings. The Morgan fingerprint density at radius 1 is 0.958 bits per heavy atom. The van der Waals surface area contributed by atoms with Crippen molar-refractivity contribution in [3.05, 3.63) is 11.6 Å². The molecular formula is C22H35NO. The quantitative estimate of drug-likeness (QED) is 0.686. The Morgan fingerprint density at radius 2 is 1.67 bits per heavy atom. The summed E-state index contributed by atoms with van der Waals surface area (Å²) >= 11 is 0. The molecule has 0 amide bonds. The third-order valence-corrected chi connectivity index (χ3v) is 9.51. The molecule has 0 spiro atoms. The van der Waals surface area contributed by atoms with E-state index in [0.29, 0.717) is 22.2 Å². The van der Waals surface area contributed by atoms with Gasteiger partial charge in [0.2, 0.25) is 0 Å². The normalized spacial score (nSPS) is 51.0. The standard InChI is InChI=1S/C22H35NO/c1-20-11-8-16(24)14-15(20)6-7-17-18(20)9-12-21(2)19(17)10-13-22(21,3)23(4)5/h14,17-19H,6-13H2,1-5H3/t17-,18+,19+,20+,21+,22-/m0/s1. The Morgan fingerprint density at radius 3 is 2.38 bits per heavy atom. The minimum Gasteiger partial charge on any atom is -0.303 e. The van der Waals surface area contributed by atoms with Gasteiger partial charge in [0.15, 0.2) is 5.78 Å². The van der Waals surface area contributed by atoms with Crippen molar-refractivity contribution in [1.82, 2.24) is 4.90 Å². The number of allylic oxidation sites excluding steroid dienone is 1. The smallest absolute Gasteiger partial charge is 0.155 e. The fourth-order valence-electron chi connectivity index (χ4n) is 7.54. The summed E-state index contributed by atoms with van der Waals surface area (Å²) in [5.41, 5.74) is 2.62. The van der Waals surface area contributed by atoms with Crippen molar-refractivity contribution in [3.63, 3.8) is 0 Å². The zero-order valence-electron chi connectivity index (χ0n) is 16.3.